The van der Waals surface area contributed by atoms with Gasteiger partial charge in [0, 0.05) is 13.2 Å². The summed E-state index contributed by atoms with van der Waals surface area (Å²) < 4.78 is 52.7. The Balaban J connectivity index is 3.09. The van der Waals surface area contributed by atoms with Gasteiger partial charge in [-0.2, -0.15) is 0 Å². The summed E-state index contributed by atoms with van der Waals surface area (Å²) in [6, 6.07) is 0. The fraction of sp³-hybridized carbons (Fsp3) is 0.889. The second-order valence-electron chi connectivity index (χ2n) is 16.8. The number of hydrogen-bond acceptors (Lipinski definition) is 8. The number of allylic oxidation sites excluding steroid dienone is 1. The smallest absolute Gasteiger partial charge is 0.470 e. The molecule has 318 valence electrons. The van der Waals surface area contributed by atoms with Crippen LogP contribution in [0.25, 0.3) is 0 Å². The maximum atomic E-state index is 13.0. The summed E-state index contributed by atoms with van der Waals surface area (Å²) in [5.41, 5.74) is 0. The fourth-order valence-electron chi connectivity index (χ4n) is 6.41. The van der Waals surface area contributed by atoms with Crippen LogP contribution in [-0.4, -0.2) is 71.6 Å². The Hall–Kier alpha value is -1.39. The Bertz CT molecular complexity index is 973. The third-order valence-electron chi connectivity index (χ3n) is 10.9. The van der Waals surface area contributed by atoms with Gasteiger partial charge < -0.3 is 32.8 Å². The van der Waals surface area contributed by atoms with Crippen LogP contribution >= 0.6 is 0 Å². The van der Waals surface area contributed by atoms with Crippen LogP contribution in [0.5, 0.6) is 0 Å². The summed E-state index contributed by atoms with van der Waals surface area (Å²) in [6.07, 6.45) is 26.3. The van der Waals surface area contributed by atoms with Crippen molar-refractivity contribution >= 4 is 14.5 Å². The van der Waals surface area contributed by atoms with Gasteiger partial charge in [-0.05, 0) is 37.9 Å². The van der Waals surface area contributed by atoms with E-state index in [1.807, 2.05) is 6.92 Å². The first-order valence-electron chi connectivity index (χ1n) is 22.7. The number of carbonyl (C=O) groups is 1. The minimum absolute atomic E-state index is 0.0163. The highest BCUT2D eigenvalue weighted by Crippen LogP contribution is 2.38. The lowest BCUT2D eigenvalue weighted by Gasteiger charge is -2.46. The molecule has 1 heterocycles. The van der Waals surface area contributed by atoms with E-state index < -0.39 is 51.8 Å². The molecule has 1 aliphatic heterocycles. The zero-order valence-electron chi connectivity index (χ0n) is 37.3. The lowest BCUT2D eigenvalue weighted by molar-refractivity contribution is -0.305. The maximum absolute atomic E-state index is 13.0. The maximum Gasteiger partial charge on any atom is 0.509 e. The lowest BCUT2D eigenvalue weighted by atomic mass is 9.98. The number of carbonyl (C=O) groups excluding carboxylic acids is 1. The zero-order chi connectivity index (χ0) is 40.8. The Kier molecular flexibility index (Phi) is 28.6. The quantitative estimate of drug-likeness (QED) is 0.0210. The van der Waals surface area contributed by atoms with Gasteiger partial charge in [0.1, 0.15) is 24.9 Å². The van der Waals surface area contributed by atoms with E-state index in [0.717, 1.165) is 32.1 Å². The molecule has 1 fully saturated rings. The van der Waals surface area contributed by atoms with Gasteiger partial charge in [0.15, 0.2) is 14.4 Å². The van der Waals surface area contributed by atoms with E-state index in [0.29, 0.717) is 13.0 Å². The molecule has 0 aliphatic carbocycles. The van der Waals surface area contributed by atoms with E-state index in [-0.39, 0.29) is 18.3 Å². The first-order chi connectivity index (χ1) is 26.4. The number of hydrogen-bond donors (Lipinski definition) is 0. The molecule has 54 heavy (non-hydrogen) atoms. The normalized spacial score (nSPS) is 21.6. The lowest BCUT2D eigenvalue weighted by Crippen LogP contribution is -2.62. The second kappa shape index (κ2) is 31.7. The Morgan fingerprint density at radius 3 is 1.72 bits per heavy atom. The van der Waals surface area contributed by atoms with Gasteiger partial charge in [-0.25, -0.2) is 4.79 Å². The summed E-state index contributed by atoms with van der Waals surface area (Å²) in [7, 11) is -2.21. The van der Waals surface area contributed by atoms with Crippen molar-refractivity contribution in [2.45, 2.75) is 232 Å². The first-order valence-corrected chi connectivity index (χ1v) is 25.0. The third-order valence-corrected chi connectivity index (χ3v) is 15.4. The van der Waals surface area contributed by atoms with Gasteiger partial charge in [0.05, 0.1) is 14.2 Å². The van der Waals surface area contributed by atoms with Crippen LogP contribution in [0.3, 0.4) is 0 Å². The number of rotatable bonds is 34. The van der Waals surface area contributed by atoms with Gasteiger partial charge in [-0.3, -0.25) is 0 Å². The van der Waals surface area contributed by atoms with E-state index >= 15 is 0 Å². The molecule has 1 aliphatic rings. The van der Waals surface area contributed by atoms with Crippen LogP contribution in [-0.2, 0) is 32.8 Å². The molecule has 0 aromatic heterocycles. The summed E-state index contributed by atoms with van der Waals surface area (Å²) in [5.74, 6) is 0. The molecule has 1 rings (SSSR count). The molecule has 9 heteroatoms. The summed E-state index contributed by atoms with van der Waals surface area (Å²) >= 11 is 0. The van der Waals surface area contributed by atoms with Crippen LogP contribution in [0, 0.1) is 0 Å². The molecule has 0 radical (unpaired) electrons. The molecule has 8 nitrogen and oxygen atoms in total. The summed E-state index contributed by atoms with van der Waals surface area (Å²) in [5, 5.41) is -0.0362. The van der Waals surface area contributed by atoms with Gasteiger partial charge >= 0.3 is 6.16 Å². The first kappa shape index (κ1) is 48.8. The van der Waals surface area contributed by atoms with Gasteiger partial charge in [-0.1, -0.05) is 182 Å². The van der Waals surface area contributed by atoms with E-state index in [9.17, 15) is 4.79 Å². The third kappa shape index (κ3) is 23.0. The average molecular weight is 784 g/mol. The van der Waals surface area contributed by atoms with Gasteiger partial charge in [0.2, 0.25) is 6.29 Å². The highest BCUT2D eigenvalue weighted by atomic mass is 28.4. The molecule has 0 amide bonds. The van der Waals surface area contributed by atoms with Crippen LogP contribution in [0.15, 0.2) is 25.0 Å². The van der Waals surface area contributed by atoms with Crippen molar-refractivity contribution in [2.24, 2.45) is 0 Å². The predicted molar refractivity (Wildman–Crippen MR) is 227 cm³/mol. The monoisotopic (exact) mass is 784 g/mol. The molecular weight excluding hydrogens is 697 g/mol. The molecule has 0 bridgehead atoms. The van der Waals surface area contributed by atoms with Crippen molar-refractivity contribution in [1.29, 1.82) is 0 Å². The molecule has 2 unspecified atom stereocenters. The highest BCUT2D eigenvalue weighted by Gasteiger charge is 2.51. The van der Waals surface area contributed by atoms with Crippen LogP contribution < -0.4 is 0 Å². The number of unbranched alkanes of at least 4 members (excludes halogenated alkanes) is 19. The standard InChI is InChI=1S/C45H86O8Si/c1-10-14-16-18-20-22-24-25-27-29-31-33-37-48-42-41(47-36-32-30-28-26-23-21-19-17-15-11-2)40(53-44(46)50-35-13-4)39(52-43(42)49-34-12-3)38-51-54(8,9)45(5,6)7/h12-13,34,39-43H,4,10-11,14-33,35-38H2,1-3,5-9H3/b34-12+/t39-,40-,41+,42-,43?/m1/s1/i37D/t37?,39-,40-,41+,42-,43?. The minimum Gasteiger partial charge on any atom is -0.470 e. The van der Waals surface area contributed by atoms with Crippen molar-refractivity contribution in [3.05, 3.63) is 25.0 Å². The van der Waals surface area contributed by atoms with Crippen molar-refractivity contribution in [3.8, 4) is 0 Å². The van der Waals surface area contributed by atoms with Gasteiger partial charge in [-0.15, -0.1) is 0 Å². The SMILES string of the molecule is [2H]C(CCCCCCCCCCCCC)O[C@H]1C(O/C=C/C)O[C@H](CO[Si](C)(C)C(C)(C)C)[C@@H](OC(=O)OCC=C)[C@@H]1OCCCCCCCCCCCC. The Morgan fingerprint density at radius 2 is 1.24 bits per heavy atom. The summed E-state index contributed by atoms with van der Waals surface area (Å²) in [4.78, 5) is 13.0. The fourth-order valence-corrected chi connectivity index (χ4v) is 7.43. The molecule has 6 atom stereocenters. The molecule has 0 aromatic carbocycles. The largest absolute Gasteiger partial charge is 0.509 e. The van der Waals surface area contributed by atoms with E-state index in [1.165, 1.54) is 109 Å². The van der Waals surface area contributed by atoms with E-state index in [1.54, 1.807) is 12.3 Å². The average Bonchev–Trinajstić information content (AvgIpc) is 3.14. The highest BCUT2D eigenvalue weighted by molar-refractivity contribution is 6.74. The van der Waals surface area contributed by atoms with Crippen molar-refractivity contribution in [3.63, 3.8) is 0 Å². The summed E-state index contributed by atoms with van der Waals surface area (Å²) in [6.45, 7) is 20.8. The molecule has 0 N–H and O–H groups in total. The molecule has 0 aromatic rings. The Morgan fingerprint density at radius 1 is 0.741 bits per heavy atom. The van der Waals surface area contributed by atoms with Crippen molar-refractivity contribution in [1.82, 2.24) is 0 Å². The van der Waals surface area contributed by atoms with Crippen LogP contribution in [0.1, 0.15) is 184 Å². The van der Waals surface area contributed by atoms with Crippen LogP contribution in [0.4, 0.5) is 4.79 Å². The molecule has 0 saturated carbocycles. The Labute approximate surface area is 335 Å². The predicted octanol–water partition coefficient (Wildman–Crippen LogP) is 13.4. The van der Waals surface area contributed by atoms with E-state index in [2.05, 4.69) is 54.3 Å². The van der Waals surface area contributed by atoms with Gasteiger partial charge in [0.25, 0.3) is 0 Å². The molecule has 1 saturated heterocycles. The molecular formula is C45H86O8Si. The molecule has 0 spiro atoms. The topological polar surface area (TPSA) is 81.7 Å². The van der Waals surface area contributed by atoms with Crippen molar-refractivity contribution < 1.29 is 39.0 Å². The van der Waals surface area contributed by atoms with E-state index in [4.69, 9.17) is 34.2 Å². The second-order valence-corrected chi connectivity index (χ2v) is 21.6. The van der Waals surface area contributed by atoms with Crippen LogP contribution in [0.2, 0.25) is 18.1 Å². The van der Waals surface area contributed by atoms with Crippen molar-refractivity contribution in [2.75, 3.05) is 26.4 Å². The zero-order valence-corrected chi connectivity index (χ0v) is 37.3. The minimum atomic E-state index is -2.21. The number of ether oxygens (including phenoxy) is 6.